The minimum absolute atomic E-state index is 0.0269. The Labute approximate surface area is 223 Å². The lowest BCUT2D eigenvalue weighted by atomic mass is 10.2. The number of rotatable bonds is 10. The van der Waals surface area contributed by atoms with Gasteiger partial charge in [0, 0.05) is 51.4 Å². The third kappa shape index (κ3) is 7.55. The summed E-state index contributed by atoms with van der Waals surface area (Å²) in [4.78, 5) is 24.4. The molecule has 3 rings (SSSR count). The van der Waals surface area contributed by atoms with Crippen molar-refractivity contribution in [3.05, 3.63) is 66.2 Å². The molecule has 1 aliphatic heterocycles. The summed E-state index contributed by atoms with van der Waals surface area (Å²) in [7, 11) is 0. The fourth-order valence-corrected chi connectivity index (χ4v) is 4.37. The van der Waals surface area contributed by atoms with Crippen LogP contribution < -0.4 is 14.7 Å². The number of halogens is 3. The maximum atomic E-state index is 13.6. The van der Waals surface area contributed by atoms with Crippen LogP contribution in [-0.4, -0.2) is 58.7 Å². The molecular weight excluding hydrogens is 491 g/mol. The van der Waals surface area contributed by atoms with Crippen molar-refractivity contribution in [3.8, 4) is 0 Å². The van der Waals surface area contributed by atoms with Gasteiger partial charge in [-0.2, -0.15) is 28.1 Å². The molecule has 1 unspecified atom stereocenters. The Kier molecular flexibility index (Phi) is 10.3. The van der Waals surface area contributed by atoms with Crippen LogP contribution in [0, 0.1) is 0 Å². The van der Waals surface area contributed by atoms with Gasteiger partial charge in [-0.05, 0) is 45.7 Å². The maximum absolute atomic E-state index is 13.6. The Morgan fingerprint density at radius 1 is 1.13 bits per heavy atom. The molecule has 206 valence electrons. The zero-order valence-corrected chi connectivity index (χ0v) is 22.7. The Morgan fingerprint density at radius 2 is 1.87 bits per heavy atom. The minimum Gasteiger partial charge on any atom is -0.354 e. The molecule has 0 amide bonds. The van der Waals surface area contributed by atoms with E-state index in [9.17, 15) is 13.2 Å². The van der Waals surface area contributed by atoms with Crippen molar-refractivity contribution < 1.29 is 13.2 Å². The number of alkyl halides is 3. The van der Waals surface area contributed by atoms with Gasteiger partial charge in [-0.3, -0.25) is 0 Å². The summed E-state index contributed by atoms with van der Waals surface area (Å²) >= 11 is 0. The molecule has 2 aromatic rings. The molecule has 3 heterocycles. The van der Waals surface area contributed by atoms with Crippen LogP contribution in [0.3, 0.4) is 0 Å². The summed E-state index contributed by atoms with van der Waals surface area (Å²) in [5.74, 6) is 1.81. The first-order valence-corrected chi connectivity index (χ1v) is 13.2. The SMILES string of the molecule is C=C/C=C\C(C)=C/Cc1nc(N2CCCN(c3ncccc3C(F)(F)F)CC2)nc(N(CC)C(C)CC)n1. The van der Waals surface area contributed by atoms with Crippen LogP contribution in [0.25, 0.3) is 0 Å². The summed E-state index contributed by atoms with van der Waals surface area (Å²) < 4.78 is 40.8. The number of hydrogen-bond donors (Lipinski definition) is 0. The summed E-state index contributed by atoms with van der Waals surface area (Å²) in [6, 6.07) is 2.66. The molecule has 0 aromatic carbocycles. The molecule has 7 nitrogen and oxygen atoms in total. The average Bonchev–Trinajstić information content (AvgIpc) is 3.17. The predicted molar refractivity (Wildman–Crippen MR) is 148 cm³/mol. The van der Waals surface area contributed by atoms with Gasteiger partial charge in [-0.1, -0.05) is 43.4 Å². The summed E-state index contributed by atoms with van der Waals surface area (Å²) in [5, 5.41) is 0. The van der Waals surface area contributed by atoms with E-state index in [1.807, 2.05) is 24.0 Å². The molecule has 10 heteroatoms. The molecule has 0 aliphatic carbocycles. The Morgan fingerprint density at radius 3 is 2.55 bits per heavy atom. The van der Waals surface area contributed by atoms with E-state index in [4.69, 9.17) is 15.0 Å². The second-order valence-corrected chi connectivity index (χ2v) is 9.34. The highest BCUT2D eigenvalue weighted by Crippen LogP contribution is 2.35. The van der Waals surface area contributed by atoms with E-state index in [2.05, 4.69) is 43.3 Å². The standard InChI is InChI=1S/C28H38F3N7/c1-6-9-12-21(4)14-15-24-33-26(35-27(34-24)38(8-3)22(5)7-2)37-18-11-17-36(19-20-37)25-23(28(29,30)31)13-10-16-32-25/h6,9-10,12-14,16,22H,1,7-8,11,15,17-20H2,2-5H3/b12-9-,21-14-. The molecule has 2 aromatic heterocycles. The van der Waals surface area contributed by atoms with Crippen molar-refractivity contribution in [2.24, 2.45) is 0 Å². The maximum Gasteiger partial charge on any atom is 0.419 e. The first-order chi connectivity index (χ1) is 18.2. The van der Waals surface area contributed by atoms with Gasteiger partial charge in [-0.25, -0.2) is 4.98 Å². The first kappa shape index (κ1) is 29.1. The molecule has 0 bridgehead atoms. The van der Waals surface area contributed by atoms with Crippen molar-refractivity contribution in [3.63, 3.8) is 0 Å². The molecule has 0 spiro atoms. The molecule has 1 saturated heterocycles. The number of pyridine rings is 1. The Hall–Kier alpha value is -3.43. The fraction of sp³-hybridized carbons (Fsp3) is 0.500. The van der Waals surface area contributed by atoms with Gasteiger partial charge in [-0.15, -0.1) is 0 Å². The van der Waals surface area contributed by atoms with E-state index in [-0.39, 0.29) is 11.9 Å². The van der Waals surface area contributed by atoms with Crippen LogP contribution in [0.5, 0.6) is 0 Å². The number of anilines is 3. The van der Waals surface area contributed by atoms with Gasteiger partial charge < -0.3 is 14.7 Å². The molecule has 0 saturated carbocycles. The van der Waals surface area contributed by atoms with Crippen LogP contribution in [0.1, 0.15) is 51.9 Å². The zero-order chi connectivity index (χ0) is 27.7. The largest absolute Gasteiger partial charge is 0.419 e. The van der Waals surface area contributed by atoms with Gasteiger partial charge in [0.05, 0.1) is 5.56 Å². The predicted octanol–water partition coefficient (Wildman–Crippen LogP) is 5.86. The number of allylic oxidation sites excluding steroid dienone is 5. The molecule has 1 fully saturated rings. The minimum atomic E-state index is -4.46. The lowest BCUT2D eigenvalue weighted by Crippen LogP contribution is -2.36. The third-order valence-electron chi connectivity index (χ3n) is 6.65. The van der Waals surface area contributed by atoms with Crippen molar-refractivity contribution >= 4 is 17.7 Å². The summed E-state index contributed by atoms with van der Waals surface area (Å²) in [6.07, 6.45) is 6.73. The van der Waals surface area contributed by atoms with Gasteiger partial charge in [0.1, 0.15) is 11.6 Å². The molecule has 1 aliphatic rings. The molecule has 0 radical (unpaired) electrons. The molecule has 38 heavy (non-hydrogen) atoms. The zero-order valence-electron chi connectivity index (χ0n) is 22.7. The Bertz CT molecular complexity index is 1130. The van der Waals surface area contributed by atoms with Crippen LogP contribution in [0.15, 0.2) is 54.8 Å². The van der Waals surface area contributed by atoms with Crippen molar-refractivity contribution in [2.75, 3.05) is 47.4 Å². The lowest BCUT2D eigenvalue weighted by molar-refractivity contribution is -0.137. The highest BCUT2D eigenvalue weighted by molar-refractivity contribution is 5.49. The first-order valence-electron chi connectivity index (χ1n) is 13.2. The van der Waals surface area contributed by atoms with Crippen molar-refractivity contribution in [1.29, 1.82) is 0 Å². The lowest BCUT2D eigenvalue weighted by Gasteiger charge is -2.29. The van der Waals surface area contributed by atoms with E-state index in [1.165, 1.54) is 12.3 Å². The van der Waals surface area contributed by atoms with Gasteiger partial charge in [0.15, 0.2) is 0 Å². The van der Waals surface area contributed by atoms with E-state index < -0.39 is 11.7 Å². The van der Waals surface area contributed by atoms with Crippen LogP contribution in [0.4, 0.5) is 30.9 Å². The van der Waals surface area contributed by atoms with E-state index in [1.54, 1.807) is 11.0 Å². The molecule has 1 atom stereocenters. The molecular formula is C28H38F3N7. The summed E-state index contributed by atoms with van der Waals surface area (Å²) in [6.45, 7) is 14.8. The normalized spacial score (nSPS) is 16.0. The second-order valence-electron chi connectivity index (χ2n) is 9.34. The molecule has 0 N–H and O–H groups in total. The van der Waals surface area contributed by atoms with E-state index >= 15 is 0 Å². The second kappa shape index (κ2) is 13.4. The van der Waals surface area contributed by atoms with Gasteiger partial charge >= 0.3 is 6.18 Å². The van der Waals surface area contributed by atoms with Gasteiger partial charge in [0.2, 0.25) is 11.9 Å². The monoisotopic (exact) mass is 529 g/mol. The quantitative estimate of drug-likeness (QED) is 0.358. The average molecular weight is 530 g/mol. The highest BCUT2D eigenvalue weighted by atomic mass is 19.4. The van der Waals surface area contributed by atoms with E-state index in [0.717, 1.165) is 24.6 Å². The van der Waals surface area contributed by atoms with Crippen molar-refractivity contribution in [2.45, 2.75) is 59.2 Å². The van der Waals surface area contributed by atoms with Crippen LogP contribution >= 0.6 is 0 Å². The van der Waals surface area contributed by atoms with Gasteiger partial charge in [0.25, 0.3) is 0 Å². The van der Waals surface area contributed by atoms with Crippen LogP contribution in [-0.2, 0) is 12.6 Å². The van der Waals surface area contributed by atoms with Crippen molar-refractivity contribution in [1.82, 2.24) is 19.9 Å². The van der Waals surface area contributed by atoms with E-state index in [0.29, 0.717) is 56.7 Å². The summed E-state index contributed by atoms with van der Waals surface area (Å²) in [5.41, 5.74) is 0.363. The number of aromatic nitrogens is 4. The third-order valence-corrected chi connectivity index (χ3v) is 6.65. The number of hydrogen-bond acceptors (Lipinski definition) is 7. The van der Waals surface area contributed by atoms with Crippen LogP contribution in [0.2, 0.25) is 0 Å². The number of nitrogens with zero attached hydrogens (tertiary/aromatic N) is 7. The topological polar surface area (TPSA) is 61.3 Å². The smallest absolute Gasteiger partial charge is 0.354 e. The fourth-order valence-electron chi connectivity index (χ4n) is 4.37. The highest BCUT2D eigenvalue weighted by Gasteiger charge is 2.36. The Balaban J connectivity index is 1.91.